The molecule has 0 unspecified atom stereocenters. The first kappa shape index (κ1) is 14.4. The zero-order valence-corrected chi connectivity index (χ0v) is 12.4. The third kappa shape index (κ3) is 3.57. The van der Waals surface area contributed by atoms with E-state index in [1.165, 1.54) is 0 Å². The van der Waals surface area contributed by atoms with Crippen LogP contribution >= 0.6 is 0 Å². The van der Waals surface area contributed by atoms with E-state index in [2.05, 4.69) is 21.3 Å². The summed E-state index contributed by atoms with van der Waals surface area (Å²) in [5, 5.41) is 3.05. The first-order chi connectivity index (χ1) is 10.3. The topological polar surface area (TPSA) is 60.6 Å². The highest BCUT2D eigenvalue weighted by atomic mass is 16.5. The van der Waals surface area contributed by atoms with Crippen LogP contribution in [0.1, 0.15) is 24.6 Å². The van der Waals surface area contributed by atoms with Gasteiger partial charge in [0.2, 0.25) is 0 Å². The Balaban J connectivity index is 1.46. The minimum Gasteiger partial charge on any atom is -0.379 e. The standard InChI is InChI=1S/C15H24N4O2/c20-15(17-6-8-18-9-11-21-12-10-18)19-7-2-4-14(19)13-3-1-5-16-13/h1,3,5,14,16H,2,4,6-12H2,(H,17,20)/t14-/m1/s1. The molecule has 6 nitrogen and oxygen atoms in total. The SMILES string of the molecule is O=C(NCCN1CCOCC1)N1CCC[C@@H]1c1ccc[nH]1. The average Bonchev–Trinajstić information content (AvgIpc) is 3.19. The Bertz CT molecular complexity index is 443. The summed E-state index contributed by atoms with van der Waals surface area (Å²) in [5.41, 5.74) is 1.14. The second-order valence-corrected chi connectivity index (χ2v) is 5.66. The molecule has 2 aliphatic heterocycles. The lowest BCUT2D eigenvalue weighted by molar-refractivity contribution is 0.0385. The number of carbonyl (C=O) groups excluding carboxylic acids is 1. The number of aromatic nitrogens is 1. The van der Waals surface area contributed by atoms with E-state index in [4.69, 9.17) is 4.74 Å². The summed E-state index contributed by atoms with van der Waals surface area (Å²) in [7, 11) is 0. The molecule has 2 amide bonds. The molecule has 6 heteroatoms. The first-order valence-corrected chi connectivity index (χ1v) is 7.82. The molecule has 0 spiro atoms. The molecule has 2 N–H and O–H groups in total. The fourth-order valence-corrected chi connectivity index (χ4v) is 3.13. The Labute approximate surface area is 125 Å². The number of likely N-dealkylation sites (tertiary alicyclic amines) is 1. The molecule has 3 heterocycles. The molecule has 2 saturated heterocycles. The number of aromatic amines is 1. The van der Waals surface area contributed by atoms with Gasteiger partial charge in [-0.2, -0.15) is 0 Å². The van der Waals surface area contributed by atoms with Gasteiger partial charge in [0, 0.05) is 44.6 Å². The molecule has 1 aromatic heterocycles. The number of hydrogen-bond donors (Lipinski definition) is 2. The molecule has 0 radical (unpaired) electrons. The summed E-state index contributed by atoms with van der Waals surface area (Å²) < 4.78 is 5.32. The normalized spacial score (nSPS) is 23.4. The lowest BCUT2D eigenvalue weighted by atomic mass is 10.1. The third-order valence-corrected chi connectivity index (χ3v) is 4.30. The maximum Gasteiger partial charge on any atom is 0.318 e. The predicted molar refractivity (Wildman–Crippen MR) is 80.1 cm³/mol. The summed E-state index contributed by atoms with van der Waals surface area (Å²) in [6, 6.07) is 4.30. The van der Waals surface area contributed by atoms with E-state index < -0.39 is 0 Å². The Morgan fingerprint density at radius 1 is 1.38 bits per heavy atom. The van der Waals surface area contributed by atoms with Crippen LogP contribution in [0.15, 0.2) is 18.3 Å². The van der Waals surface area contributed by atoms with Gasteiger partial charge < -0.3 is 19.9 Å². The van der Waals surface area contributed by atoms with Crippen molar-refractivity contribution in [2.45, 2.75) is 18.9 Å². The van der Waals surface area contributed by atoms with Crippen LogP contribution in [0.2, 0.25) is 0 Å². The zero-order chi connectivity index (χ0) is 14.5. The van der Waals surface area contributed by atoms with Gasteiger partial charge in [-0.3, -0.25) is 4.90 Å². The molecule has 2 aliphatic rings. The molecular formula is C15H24N4O2. The molecule has 0 saturated carbocycles. The second-order valence-electron chi connectivity index (χ2n) is 5.66. The Morgan fingerprint density at radius 3 is 3.00 bits per heavy atom. The molecule has 0 bridgehead atoms. The third-order valence-electron chi connectivity index (χ3n) is 4.30. The van der Waals surface area contributed by atoms with Gasteiger partial charge >= 0.3 is 6.03 Å². The Hall–Kier alpha value is -1.53. The van der Waals surface area contributed by atoms with E-state index in [0.717, 1.165) is 57.9 Å². The Kier molecular flexibility index (Phi) is 4.77. The summed E-state index contributed by atoms with van der Waals surface area (Å²) in [4.78, 5) is 19.9. The van der Waals surface area contributed by atoms with E-state index in [1.807, 2.05) is 17.2 Å². The molecular weight excluding hydrogens is 268 g/mol. The number of nitrogens with one attached hydrogen (secondary N) is 2. The van der Waals surface area contributed by atoms with Crippen LogP contribution in [0.5, 0.6) is 0 Å². The number of urea groups is 1. The first-order valence-electron chi connectivity index (χ1n) is 7.82. The maximum absolute atomic E-state index is 12.4. The fourth-order valence-electron chi connectivity index (χ4n) is 3.13. The highest BCUT2D eigenvalue weighted by Gasteiger charge is 2.30. The molecule has 21 heavy (non-hydrogen) atoms. The van der Waals surface area contributed by atoms with Crippen molar-refractivity contribution in [1.82, 2.24) is 20.1 Å². The van der Waals surface area contributed by atoms with E-state index in [9.17, 15) is 4.79 Å². The maximum atomic E-state index is 12.4. The highest BCUT2D eigenvalue weighted by molar-refractivity contribution is 5.75. The number of amides is 2. The monoisotopic (exact) mass is 292 g/mol. The highest BCUT2D eigenvalue weighted by Crippen LogP contribution is 2.30. The van der Waals surface area contributed by atoms with E-state index in [1.54, 1.807) is 0 Å². The van der Waals surface area contributed by atoms with Crippen LogP contribution in [-0.2, 0) is 4.74 Å². The van der Waals surface area contributed by atoms with Crippen molar-refractivity contribution in [2.75, 3.05) is 45.9 Å². The summed E-state index contributed by atoms with van der Waals surface area (Å²) in [5.74, 6) is 0. The van der Waals surface area contributed by atoms with Crippen molar-refractivity contribution in [3.8, 4) is 0 Å². The van der Waals surface area contributed by atoms with Crippen LogP contribution in [0.3, 0.4) is 0 Å². The van der Waals surface area contributed by atoms with Gasteiger partial charge in [0.05, 0.1) is 19.3 Å². The zero-order valence-electron chi connectivity index (χ0n) is 12.4. The number of morpholine rings is 1. The number of carbonyl (C=O) groups is 1. The van der Waals surface area contributed by atoms with Crippen LogP contribution < -0.4 is 5.32 Å². The van der Waals surface area contributed by atoms with Gasteiger partial charge in [0.25, 0.3) is 0 Å². The van der Waals surface area contributed by atoms with Crippen LogP contribution in [0, 0.1) is 0 Å². The number of nitrogens with zero attached hydrogens (tertiary/aromatic N) is 2. The van der Waals surface area contributed by atoms with E-state index in [-0.39, 0.29) is 12.1 Å². The van der Waals surface area contributed by atoms with Crippen molar-refractivity contribution < 1.29 is 9.53 Å². The number of hydrogen-bond acceptors (Lipinski definition) is 3. The molecule has 1 atom stereocenters. The second kappa shape index (κ2) is 6.95. The van der Waals surface area contributed by atoms with Gasteiger partial charge in [-0.1, -0.05) is 0 Å². The van der Waals surface area contributed by atoms with Crippen molar-refractivity contribution in [2.24, 2.45) is 0 Å². The Morgan fingerprint density at radius 2 is 2.24 bits per heavy atom. The predicted octanol–water partition coefficient (Wildman–Crippen LogP) is 1.19. The lowest BCUT2D eigenvalue weighted by Gasteiger charge is -2.28. The van der Waals surface area contributed by atoms with Crippen LogP contribution in [0.4, 0.5) is 4.79 Å². The van der Waals surface area contributed by atoms with Crippen LogP contribution in [-0.4, -0.2) is 66.8 Å². The fraction of sp³-hybridized carbons (Fsp3) is 0.667. The van der Waals surface area contributed by atoms with E-state index in [0.29, 0.717) is 6.54 Å². The summed E-state index contributed by atoms with van der Waals surface area (Å²) in [6.45, 7) is 5.97. The quantitative estimate of drug-likeness (QED) is 0.876. The van der Waals surface area contributed by atoms with Gasteiger partial charge in [0.1, 0.15) is 0 Å². The van der Waals surface area contributed by atoms with Crippen LogP contribution in [0.25, 0.3) is 0 Å². The number of H-pyrrole nitrogens is 1. The smallest absolute Gasteiger partial charge is 0.318 e. The van der Waals surface area contributed by atoms with Gasteiger partial charge in [0.15, 0.2) is 0 Å². The van der Waals surface area contributed by atoms with Crippen molar-refractivity contribution in [1.29, 1.82) is 0 Å². The number of ether oxygens (including phenoxy) is 1. The number of rotatable bonds is 4. The molecule has 0 aliphatic carbocycles. The van der Waals surface area contributed by atoms with Crippen molar-refractivity contribution in [3.63, 3.8) is 0 Å². The van der Waals surface area contributed by atoms with Gasteiger partial charge in [-0.05, 0) is 25.0 Å². The van der Waals surface area contributed by atoms with Crippen molar-refractivity contribution in [3.05, 3.63) is 24.0 Å². The lowest BCUT2D eigenvalue weighted by Crippen LogP contribution is -2.45. The molecule has 1 aromatic rings. The molecule has 3 rings (SSSR count). The summed E-state index contributed by atoms with van der Waals surface area (Å²) >= 11 is 0. The van der Waals surface area contributed by atoms with E-state index >= 15 is 0 Å². The minimum absolute atomic E-state index is 0.0559. The molecule has 0 aromatic carbocycles. The van der Waals surface area contributed by atoms with Gasteiger partial charge in [-0.15, -0.1) is 0 Å². The summed E-state index contributed by atoms with van der Waals surface area (Å²) in [6.07, 6.45) is 4.03. The van der Waals surface area contributed by atoms with Crippen molar-refractivity contribution >= 4 is 6.03 Å². The molecule has 116 valence electrons. The molecule has 2 fully saturated rings. The van der Waals surface area contributed by atoms with Gasteiger partial charge in [-0.25, -0.2) is 4.79 Å². The average molecular weight is 292 g/mol. The minimum atomic E-state index is 0.0559. The largest absolute Gasteiger partial charge is 0.379 e.